The molecule has 0 spiro atoms. The lowest BCUT2D eigenvalue weighted by atomic mass is 9.97. The van der Waals surface area contributed by atoms with Crippen LogP contribution >= 0.6 is 12.4 Å². The van der Waals surface area contributed by atoms with Crippen LogP contribution in [-0.2, 0) is 15.3 Å². The van der Waals surface area contributed by atoms with Gasteiger partial charge in [-0.15, -0.1) is 12.4 Å². The van der Waals surface area contributed by atoms with Crippen LogP contribution in [0, 0.1) is 0 Å². The SMILES string of the molecule is Cl.c1ccc(C2(c3ccccc3)OC[C@H]([C@@H]3CCCCN3)O2)cc1. The van der Waals surface area contributed by atoms with Gasteiger partial charge in [0.2, 0.25) is 5.79 Å². The number of nitrogens with one attached hydrogen (secondary N) is 1. The van der Waals surface area contributed by atoms with Crippen molar-refractivity contribution >= 4 is 12.4 Å². The van der Waals surface area contributed by atoms with Gasteiger partial charge in [-0.05, 0) is 19.4 Å². The second-order valence-corrected chi connectivity index (χ2v) is 6.37. The van der Waals surface area contributed by atoms with Gasteiger partial charge in [0.15, 0.2) is 0 Å². The average Bonchev–Trinajstić information content (AvgIpc) is 3.11. The minimum Gasteiger partial charge on any atom is -0.339 e. The third-order valence-corrected chi connectivity index (χ3v) is 4.87. The lowest BCUT2D eigenvalue weighted by Gasteiger charge is -2.32. The Kier molecular flexibility index (Phi) is 5.57. The van der Waals surface area contributed by atoms with Gasteiger partial charge in [0.05, 0.1) is 6.61 Å². The van der Waals surface area contributed by atoms with Crippen molar-refractivity contribution in [3.8, 4) is 0 Å². The molecule has 1 N–H and O–H groups in total. The van der Waals surface area contributed by atoms with Crippen LogP contribution in [-0.4, -0.2) is 25.3 Å². The Labute approximate surface area is 149 Å². The topological polar surface area (TPSA) is 30.5 Å². The first-order valence-corrected chi connectivity index (χ1v) is 8.55. The number of rotatable bonds is 3. The Balaban J connectivity index is 0.00000169. The Morgan fingerprint density at radius 3 is 2.04 bits per heavy atom. The molecule has 2 aliphatic heterocycles. The summed E-state index contributed by atoms with van der Waals surface area (Å²) in [5.74, 6) is -0.785. The van der Waals surface area contributed by atoms with Gasteiger partial charge in [0, 0.05) is 17.2 Å². The summed E-state index contributed by atoms with van der Waals surface area (Å²) in [6.07, 6.45) is 3.78. The van der Waals surface area contributed by atoms with Crippen molar-refractivity contribution in [2.45, 2.75) is 37.2 Å². The molecule has 2 saturated heterocycles. The fourth-order valence-corrected chi connectivity index (χ4v) is 3.66. The van der Waals surface area contributed by atoms with Crippen LogP contribution < -0.4 is 5.32 Å². The number of piperidine rings is 1. The molecular formula is C20H24ClNO2. The lowest BCUT2D eigenvalue weighted by molar-refractivity contribution is -0.146. The highest BCUT2D eigenvalue weighted by atomic mass is 35.5. The predicted molar refractivity (Wildman–Crippen MR) is 97.4 cm³/mol. The van der Waals surface area contributed by atoms with Crippen molar-refractivity contribution in [1.29, 1.82) is 0 Å². The molecule has 0 aromatic heterocycles. The van der Waals surface area contributed by atoms with Gasteiger partial charge in [-0.25, -0.2) is 0 Å². The highest BCUT2D eigenvalue weighted by Crippen LogP contribution is 2.41. The summed E-state index contributed by atoms with van der Waals surface area (Å²) in [6, 6.07) is 20.9. The lowest BCUT2D eigenvalue weighted by Crippen LogP contribution is -2.45. The summed E-state index contributed by atoms with van der Waals surface area (Å²) in [6.45, 7) is 1.70. The maximum atomic E-state index is 6.58. The zero-order valence-electron chi connectivity index (χ0n) is 13.7. The van der Waals surface area contributed by atoms with Gasteiger partial charge in [-0.3, -0.25) is 0 Å². The molecule has 24 heavy (non-hydrogen) atoms. The molecule has 2 fully saturated rings. The molecule has 4 heteroatoms. The first-order chi connectivity index (χ1) is 11.4. The number of hydrogen-bond donors (Lipinski definition) is 1. The Morgan fingerprint density at radius 2 is 1.50 bits per heavy atom. The molecule has 4 rings (SSSR count). The van der Waals surface area contributed by atoms with Crippen molar-refractivity contribution in [1.82, 2.24) is 5.32 Å². The van der Waals surface area contributed by atoms with Crippen LogP contribution in [0.1, 0.15) is 30.4 Å². The highest BCUT2D eigenvalue weighted by molar-refractivity contribution is 5.85. The maximum absolute atomic E-state index is 6.58. The monoisotopic (exact) mass is 345 g/mol. The smallest absolute Gasteiger partial charge is 0.222 e. The molecule has 0 amide bonds. The number of benzene rings is 2. The fourth-order valence-electron chi connectivity index (χ4n) is 3.66. The van der Waals surface area contributed by atoms with Gasteiger partial charge in [-0.2, -0.15) is 0 Å². The molecule has 0 unspecified atom stereocenters. The van der Waals surface area contributed by atoms with E-state index in [0.29, 0.717) is 12.6 Å². The van der Waals surface area contributed by atoms with E-state index < -0.39 is 5.79 Å². The van der Waals surface area contributed by atoms with Crippen LogP contribution in [0.5, 0.6) is 0 Å². The standard InChI is InChI=1S/C20H23NO2.ClH/c1-3-9-16(10-4-1)20(17-11-5-2-6-12-17)22-15-19(23-20)18-13-7-8-14-21-18;/h1-6,9-12,18-19,21H,7-8,13-15H2;1H/t18-,19+;/m0./s1. The number of hydrogen-bond acceptors (Lipinski definition) is 3. The van der Waals surface area contributed by atoms with Gasteiger partial charge in [0.1, 0.15) is 6.10 Å². The zero-order valence-corrected chi connectivity index (χ0v) is 14.5. The fraction of sp³-hybridized carbons (Fsp3) is 0.400. The van der Waals surface area contributed by atoms with Crippen LogP contribution in [0.15, 0.2) is 60.7 Å². The summed E-state index contributed by atoms with van der Waals surface area (Å²) in [5, 5.41) is 3.60. The van der Waals surface area contributed by atoms with E-state index in [9.17, 15) is 0 Å². The molecule has 2 aliphatic rings. The molecule has 2 aromatic rings. The molecule has 2 heterocycles. The highest BCUT2D eigenvalue weighted by Gasteiger charge is 2.47. The molecule has 0 radical (unpaired) electrons. The van der Waals surface area contributed by atoms with Crippen LogP contribution in [0.2, 0.25) is 0 Å². The van der Waals surface area contributed by atoms with Crippen molar-refractivity contribution in [3.05, 3.63) is 71.8 Å². The van der Waals surface area contributed by atoms with Gasteiger partial charge < -0.3 is 14.8 Å². The number of ether oxygens (including phenoxy) is 2. The largest absolute Gasteiger partial charge is 0.339 e. The zero-order chi connectivity index (χ0) is 15.5. The van der Waals surface area contributed by atoms with Gasteiger partial charge in [-0.1, -0.05) is 67.1 Å². The summed E-state index contributed by atoms with van der Waals surface area (Å²) in [4.78, 5) is 0. The molecule has 3 nitrogen and oxygen atoms in total. The summed E-state index contributed by atoms with van der Waals surface area (Å²) < 4.78 is 12.9. The molecule has 0 aliphatic carbocycles. The van der Waals surface area contributed by atoms with Crippen molar-refractivity contribution in [3.63, 3.8) is 0 Å². The van der Waals surface area contributed by atoms with E-state index in [1.165, 1.54) is 12.8 Å². The van der Waals surface area contributed by atoms with E-state index in [-0.39, 0.29) is 18.5 Å². The summed E-state index contributed by atoms with van der Waals surface area (Å²) in [5.41, 5.74) is 2.12. The van der Waals surface area contributed by atoms with E-state index in [1.54, 1.807) is 0 Å². The van der Waals surface area contributed by atoms with Crippen LogP contribution in [0.25, 0.3) is 0 Å². The van der Waals surface area contributed by atoms with Gasteiger partial charge >= 0.3 is 0 Å². The van der Waals surface area contributed by atoms with Gasteiger partial charge in [0.25, 0.3) is 0 Å². The molecule has 2 atom stereocenters. The second-order valence-electron chi connectivity index (χ2n) is 6.37. The third-order valence-electron chi connectivity index (χ3n) is 4.87. The maximum Gasteiger partial charge on any atom is 0.222 e. The first kappa shape index (κ1) is 17.4. The molecule has 0 bridgehead atoms. The quantitative estimate of drug-likeness (QED) is 0.916. The van der Waals surface area contributed by atoms with E-state index in [1.807, 2.05) is 36.4 Å². The normalized spacial score (nSPS) is 25.8. The van der Waals surface area contributed by atoms with Crippen molar-refractivity contribution < 1.29 is 9.47 Å². The molecular weight excluding hydrogens is 322 g/mol. The van der Waals surface area contributed by atoms with E-state index >= 15 is 0 Å². The predicted octanol–water partition coefficient (Wildman–Crippen LogP) is 3.87. The molecule has 0 saturated carbocycles. The molecule has 2 aromatic carbocycles. The Morgan fingerprint density at radius 1 is 0.875 bits per heavy atom. The third kappa shape index (κ3) is 3.22. The molecule has 128 valence electrons. The van der Waals surface area contributed by atoms with E-state index in [0.717, 1.165) is 24.1 Å². The Bertz CT molecular complexity index is 589. The summed E-state index contributed by atoms with van der Waals surface area (Å²) >= 11 is 0. The van der Waals surface area contributed by atoms with Crippen molar-refractivity contribution in [2.75, 3.05) is 13.2 Å². The average molecular weight is 346 g/mol. The Hall–Kier alpha value is -1.39. The van der Waals surface area contributed by atoms with E-state index in [4.69, 9.17) is 9.47 Å². The van der Waals surface area contributed by atoms with Crippen LogP contribution in [0.3, 0.4) is 0 Å². The first-order valence-electron chi connectivity index (χ1n) is 8.55. The number of halogens is 1. The second kappa shape index (κ2) is 7.66. The van der Waals surface area contributed by atoms with Crippen LogP contribution in [0.4, 0.5) is 0 Å². The van der Waals surface area contributed by atoms with Crippen molar-refractivity contribution in [2.24, 2.45) is 0 Å². The minimum atomic E-state index is -0.785. The minimum absolute atomic E-state index is 0. The summed E-state index contributed by atoms with van der Waals surface area (Å²) in [7, 11) is 0. The van der Waals surface area contributed by atoms with E-state index in [2.05, 4.69) is 29.6 Å².